The summed E-state index contributed by atoms with van der Waals surface area (Å²) < 4.78 is 0. The summed E-state index contributed by atoms with van der Waals surface area (Å²) in [7, 11) is 3.35. The van der Waals surface area contributed by atoms with Crippen LogP contribution in [0.25, 0.3) is 0 Å². The third-order valence-electron chi connectivity index (χ3n) is 4.79. The Morgan fingerprint density at radius 3 is 2.15 bits per heavy atom. The summed E-state index contributed by atoms with van der Waals surface area (Å²) in [4.78, 5) is 48.8. The van der Waals surface area contributed by atoms with Gasteiger partial charge < -0.3 is 9.80 Å². The SMILES string of the molecule is CN(C)C(=O)c1cccc(CN(Cc2ccc(Cl)c(Cl)c2)C(=O)CC(=O)c2ncccn2)c1. The van der Waals surface area contributed by atoms with Gasteiger partial charge in [-0.1, -0.05) is 41.4 Å². The number of nitrogens with zero attached hydrogens (tertiary/aromatic N) is 4. The second kappa shape index (κ2) is 11.0. The molecule has 0 aliphatic rings. The van der Waals surface area contributed by atoms with Crippen LogP contribution in [0.5, 0.6) is 0 Å². The van der Waals surface area contributed by atoms with Crippen molar-refractivity contribution < 1.29 is 14.4 Å². The van der Waals surface area contributed by atoms with E-state index in [9.17, 15) is 14.4 Å². The molecule has 0 fully saturated rings. The van der Waals surface area contributed by atoms with Crippen LogP contribution >= 0.6 is 23.2 Å². The van der Waals surface area contributed by atoms with E-state index in [1.807, 2.05) is 6.07 Å². The minimum Gasteiger partial charge on any atom is -0.345 e. The number of Topliss-reactive ketones (excluding diaryl/α,β-unsaturated/α-hetero) is 1. The Bertz CT molecular complexity index is 1170. The Morgan fingerprint density at radius 1 is 0.848 bits per heavy atom. The number of halogens is 2. The van der Waals surface area contributed by atoms with Gasteiger partial charge in [0, 0.05) is 45.1 Å². The molecule has 0 saturated heterocycles. The largest absolute Gasteiger partial charge is 0.345 e. The molecule has 2 amide bonds. The van der Waals surface area contributed by atoms with Crippen LogP contribution in [0.3, 0.4) is 0 Å². The van der Waals surface area contributed by atoms with E-state index in [1.165, 1.54) is 22.2 Å². The van der Waals surface area contributed by atoms with Crippen molar-refractivity contribution in [3.63, 3.8) is 0 Å². The van der Waals surface area contributed by atoms with Crippen molar-refractivity contribution in [2.75, 3.05) is 14.1 Å². The van der Waals surface area contributed by atoms with Crippen LogP contribution in [0.2, 0.25) is 10.0 Å². The van der Waals surface area contributed by atoms with Crippen LogP contribution < -0.4 is 0 Å². The lowest BCUT2D eigenvalue weighted by Gasteiger charge is -2.23. The molecule has 2 aromatic carbocycles. The number of carbonyl (C=O) groups excluding carboxylic acids is 3. The maximum atomic E-state index is 13.1. The van der Waals surface area contributed by atoms with Crippen molar-refractivity contribution in [2.24, 2.45) is 0 Å². The van der Waals surface area contributed by atoms with Gasteiger partial charge in [-0.3, -0.25) is 14.4 Å². The van der Waals surface area contributed by atoms with Crippen LogP contribution in [0.15, 0.2) is 60.9 Å². The number of aromatic nitrogens is 2. The monoisotopic (exact) mass is 484 g/mol. The van der Waals surface area contributed by atoms with Crippen LogP contribution in [0.1, 0.15) is 38.5 Å². The summed E-state index contributed by atoms with van der Waals surface area (Å²) >= 11 is 12.2. The molecule has 0 unspecified atom stereocenters. The van der Waals surface area contributed by atoms with Gasteiger partial charge in [0.2, 0.25) is 11.7 Å². The summed E-state index contributed by atoms with van der Waals surface area (Å²) in [6.07, 6.45) is 2.51. The molecule has 0 atom stereocenters. The lowest BCUT2D eigenvalue weighted by atomic mass is 10.1. The molecule has 1 heterocycles. The maximum absolute atomic E-state index is 13.1. The average molecular weight is 485 g/mol. The summed E-state index contributed by atoms with van der Waals surface area (Å²) in [5.74, 6) is -1.03. The van der Waals surface area contributed by atoms with E-state index >= 15 is 0 Å². The van der Waals surface area contributed by atoms with Crippen LogP contribution in [0.4, 0.5) is 0 Å². The number of hydrogen-bond acceptors (Lipinski definition) is 5. The van der Waals surface area contributed by atoms with Crippen molar-refractivity contribution in [3.05, 3.63) is 93.5 Å². The van der Waals surface area contributed by atoms with Crippen molar-refractivity contribution in [2.45, 2.75) is 19.5 Å². The normalized spacial score (nSPS) is 10.5. The molecule has 0 aliphatic carbocycles. The zero-order chi connectivity index (χ0) is 24.0. The first-order valence-corrected chi connectivity index (χ1v) is 10.8. The van der Waals surface area contributed by atoms with E-state index in [-0.39, 0.29) is 31.2 Å². The fourth-order valence-corrected chi connectivity index (χ4v) is 3.46. The zero-order valence-corrected chi connectivity index (χ0v) is 19.7. The highest BCUT2D eigenvalue weighted by Gasteiger charge is 2.21. The molecule has 0 radical (unpaired) electrons. The fraction of sp³-hybridized carbons (Fsp3) is 0.208. The third-order valence-corrected chi connectivity index (χ3v) is 5.53. The quantitative estimate of drug-likeness (QED) is 0.351. The van der Waals surface area contributed by atoms with E-state index in [1.54, 1.807) is 56.6 Å². The molecule has 0 bridgehead atoms. The Balaban J connectivity index is 1.85. The van der Waals surface area contributed by atoms with Gasteiger partial charge >= 0.3 is 0 Å². The minimum atomic E-state index is -0.476. The predicted octanol–water partition coefficient (Wildman–Crippen LogP) is 4.29. The van der Waals surface area contributed by atoms with Gasteiger partial charge in [0.05, 0.1) is 16.5 Å². The van der Waals surface area contributed by atoms with E-state index < -0.39 is 11.7 Å². The first-order chi connectivity index (χ1) is 15.7. The molecule has 7 nitrogen and oxygen atoms in total. The predicted molar refractivity (Wildman–Crippen MR) is 126 cm³/mol. The van der Waals surface area contributed by atoms with Crippen LogP contribution in [-0.4, -0.2) is 51.5 Å². The van der Waals surface area contributed by atoms with Gasteiger partial charge in [-0.15, -0.1) is 0 Å². The highest BCUT2D eigenvalue weighted by Crippen LogP contribution is 2.24. The summed E-state index contributed by atoms with van der Waals surface area (Å²) in [6, 6.07) is 13.7. The average Bonchev–Trinajstić information content (AvgIpc) is 2.81. The topological polar surface area (TPSA) is 83.5 Å². The minimum absolute atomic E-state index is 0.0149. The Kier molecular flexibility index (Phi) is 8.14. The molecular formula is C24H22Cl2N4O3. The van der Waals surface area contributed by atoms with E-state index in [2.05, 4.69) is 9.97 Å². The Hall–Kier alpha value is -3.29. The number of hydrogen-bond donors (Lipinski definition) is 0. The van der Waals surface area contributed by atoms with E-state index in [4.69, 9.17) is 23.2 Å². The summed E-state index contributed by atoms with van der Waals surface area (Å²) in [5.41, 5.74) is 2.01. The number of benzene rings is 2. The third kappa shape index (κ3) is 6.60. The second-order valence-corrected chi connectivity index (χ2v) is 8.38. The molecule has 0 spiro atoms. The summed E-state index contributed by atoms with van der Waals surface area (Å²) in [5, 5.41) is 0.776. The van der Waals surface area contributed by atoms with Gasteiger partial charge in [-0.2, -0.15) is 0 Å². The lowest BCUT2D eigenvalue weighted by molar-refractivity contribution is -0.131. The van der Waals surface area contributed by atoms with Crippen molar-refractivity contribution in [1.29, 1.82) is 0 Å². The van der Waals surface area contributed by atoms with E-state index in [0.717, 1.165) is 11.1 Å². The van der Waals surface area contributed by atoms with Gasteiger partial charge in [-0.25, -0.2) is 9.97 Å². The molecule has 0 N–H and O–H groups in total. The van der Waals surface area contributed by atoms with Gasteiger partial charge in [0.15, 0.2) is 5.82 Å². The number of carbonyl (C=O) groups is 3. The highest BCUT2D eigenvalue weighted by atomic mass is 35.5. The molecule has 33 heavy (non-hydrogen) atoms. The van der Waals surface area contributed by atoms with Crippen molar-refractivity contribution in [3.8, 4) is 0 Å². The molecular weight excluding hydrogens is 463 g/mol. The number of rotatable bonds is 8. The molecule has 0 saturated carbocycles. The van der Waals surface area contributed by atoms with Crippen LogP contribution in [0, 0.1) is 0 Å². The Morgan fingerprint density at radius 2 is 1.52 bits per heavy atom. The maximum Gasteiger partial charge on any atom is 0.253 e. The molecule has 3 rings (SSSR count). The van der Waals surface area contributed by atoms with Crippen LogP contribution in [-0.2, 0) is 17.9 Å². The lowest BCUT2D eigenvalue weighted by Crippen LogP contribution is -2.32. The first kappa shape index (κ1) is 24.4. The van der Waals surface area contributed by atoms with Crippen molar-refractivity contribution >= 4 is 40.8 Å². The highest BCUT2D eigenvalue weighted by molar-refractivity contribution is 6.42. The van der Waals surface area contributed by atoms with E-state index in [0.29, 0.717) is 15.6 Å². The van der Waals surface area contributed by atoms with Crippen molar-refractivity contribution in [1.82, 2.24) is 19.8 Å². The first-order valence-electron chi connectivity index (χ1n) is 10.1. The molecule has 9 heteroatoms. The number of ketones is 1. The second-order valence-electron chi connectivity index (χ2n) is 7.57. The summed E-state index contributed by atoms with van der Waals surface area (Å²) in [6.45, 7) is 0.390. The number of amides is 2. The van der Waals surface area contributed by atoms with Gasteiger partial charge in [0.1, 0.15) is 0 Å². The zero-order valence-electron chi connectivity index (χ0n) is 18.2. The molecule has 1 aromatic heterocycles. The molecule has 0 aliphatic heterocycles. The molecule has 3 aromatic rings. The fourth-order valence-electron chi connectivity index (χ4n) is 3.14. The Labute approximate surface area is 202 Å². The van der Waals surface area contributed by atoms with Gasteiger partial charge in [-0.05, 0) is 41.5 Å². The van der Waals surface area contributed by atoms with Gasteiger partial charge in [0.25, 0.3) is 5.91 Å². The molecule has 170 valence electrons. The smallest absolute Gasteiger partial charge is 0.253 e. The standard InChI is InChI=1S/C24H22Cl2N4O3/c1-29(2)24(33)18-6-3-5-16(11-18)14-30(15-17-7-8-19(25)20(26)12-17)22(32)13-21(31)23-27-9-4-10-28-23/h3-12H,13-15H2,1-2H3.